The maximum Gasteiger partial charge on any atom is 0.119 e. The lowest BCUT2D eigenvalue weighted by Gasteiger charge is -2.24. The van der Waals surface area contributed by atoms with Crippen LogP contribution < -0.4 is 10.1 Å². The number of hydrogen-bond acceptors (Lipinski definition) is 4. The minimum absolute atomic E-state index is 0.408. The summed E-state index contributed by atoms with van der Waals surface area (Å²) in [5.41, 5.74) is 2.20. The number of piperidine rings is 1. The molecule has 1 N–H and O–H groups in total. The van der Waals surface area contributed by atoms with Crippen molar-refractivity contribution < 1.29 is 9.57 Å². The number of fused-ring (bicyclic) bond motifs is 1. The lowest BCUT2D eigenvalue weighted by Crippen LogP contribution is -2.35. The molecule has 0 aliphatic carbocycles. The van der Waals surface area contributed by atoms with Crippen LogP contribution in [0, 0.1) is 5.92 Å². The second kappa shape index (κ2) is 7.47. The number of rotatable bonds is 5. The van der Waals surface area contributed by atoms with Gasteiger partial charge in [-0.2, -0.15) is 0 Å². The topological polar surface area (TPSA) is 42.9 Å². The van der Waals surface area contributed by atoms with E-state index in [1.807, 2.05) is 13.0 Å². The summed E-state index contributed by atoms with van der Waals surface area (Å²) in [6, 6.07) is 12.6. The molecule has 0 saturated carbocycles. The number of hydrogen-bond donors (Lipinski definition) is 1. The van der Waals surface area contributed by atoms with Gasteiger partial charge in [0.2, 0.25) is 0 Å². The molecule has 1 atom stereocenters. The average Bonchev–Trinajstić information content (AvgIpc) is 2.62. The van der Waals surface area contributed by atoms with Crippen LogP contribution in [-0.2, 0) is 4.84 Å². The Bertz CT molecular complexity index is 691. The Morgan fingerprint density at radius 3 is 2.78 bits per heavy atom. The van der Waals surface area contributed by atoms with Crippen molar-refractivity contribution in [2.75, 3.05) is 26.8 Å². The van der Waals surface area contributed by atoms with Gasteiger partial charge in [-0.05, 0) is 55.3 Å². The fraction of sp³-hybridized carbons (Fsp3) is 0.421. The quantitative estimate of drug-likeness (QED) is 0.678. The van der Waals surface area contributed by atoms with Gasteiger partial charge in [0.05, 0.1) is 12.8 Å². The molecule has 2 aromatic carbocycles. The van der Waals surface area contributed by atoms with Crippen molar-refractivity contribution >= 4 is 16.5 Å². The van der Waals surface area contributed by atoms with Gasteiger partial charge in [-0.25, -0.2) is 0 Å². The predicted octanol–water partition coefficient (Wildman–Crippen LogP) is 3.59. The minimum Gasteiger partial charge on any atom is -0.497 e. The summed E-state index contributed by atoms with van der Waals surface area (Å²) in [4.78, 5) is 5.39. The van der Waals surface area contributed by atoms with E-state index in [0.717, 1.165) is 36.5 Å². The third-order valence-electron chi connectivity index (χ3n) is 4.32. The van der Waals surface area contributed by atoms with Crippen molar-refractivity contribution in [2.45, 2.75) is 19.8 Å². The molecular formula is C19H24N2O2. The molecular weight excluding hydrogens is 288 g/mol. The molecule has 4 heteroatoms. The molecule has 1 heterocycles. The summed E-state index contributed by atoms with van der Waals surface area (Å²) in [5, 5.41) is 10.3. The number of methoxy groups -OCH3 is 1. The molecule has 1 saturated heterocycles. The summed E-state index contributed by atoms with van der Waals surface area (Å²) in [5.74, 6) is 1.29. The molecule has 0 aromatic heterocycles. The Balaban J connectivity index is 1.96. The van der Waals surface area contributed by atoms with Crippen LogP contribution in [0.1, 0.15) is 25.3 Å². The van der Waals surface area contributed by atoms with E-state index in [4.69, 9.17) is 9.57 Å². The van der Waals surface area contributed by atoms with E-state index in [1.54, 1.807) is 7.11 Å². The van der Waals surface area contributed by atoms with Crippen molar-refractivity contribution in [3.05, 3.63) is 42.0 Å². The highest BCUT2D eigenvalue weighted by Gasteiger charge is 2.21. The molecule has 4 nitrogen and oxygen atoms in total. The maximum atomic E-state index is 5.39. The molecule has 1 fully saturated rings. The number of oxime groups is 1. The predicted molar refractivity (Wildman–Crippen MR) is 94.3 cm³/mol. The van der Waals surface area contributed by atoms with Gasteiger partial charge in [-0.3, -0.25) is 0 Å². The van der Waals surface area contributed by atoms with Crippen molar-refractivity contribution in [3.8, 4) is 5.75 Å². The standard InChI is InChI=1S/C19H24N2O2/c1-3-23-21-19(17-5-4-10-20-13-17)16-7-6-15-12-18(22-2)9-8-14(15)11-16/h6-9,11-12,17,20H,3-5,10,13H2,1-2H3. The van der Waals surface area contributed by atoms with Gasteiger partial charge in [0, 0.05) is 18.0 Å². The Kier molecular flexibility index (Phi) is 5.13. The summed E-state index contributed by atoms with van der Waals surface area (Å²) in [7, 11) is 1.69. The fourth-order valence-corrected chi connectivity index (χ4v) is 3.09. The van der Waals surface area contributed by atoms with Gasteiger partial charge in [-0.1, -0.05) is 23.4 Å². The van der Waals surface area contributed by atoms with Crippen LogP contribution >= 0.6 is 0 Å². The minimum atomic E-state index is 0.408. The van der Waals surface area contributed by atoms with Crippen molar-refractivity contribution in [3.63, 3.8) is 0 Å². The second-order valence-corrected chi connectivity index (χ2v) is 5.87. The largest absolute Gasteiger partial charge is 0.497 e. The lowest BCUT2D eigenvalue weighted by atomic mass is 9.89. The number of nitrogens with one attached hydrogen (secondary N) is 1. The molecule has 0 spiro atoms. The van der Waals surface area contributed by atoms with Gasteiger partial charge in [0.15, 0.2) is 0 Å². The molecule has 3 rings (SSSR count). The summed E-state index contributed by atoms with van der Waals surface area (Å²) < 4.78 is 5.30. The normalized spacial score (nSPS) is 18.9. The second-order valence-electron chi connectivity index (χ2n) is 5.87. The SMILES string of the molecule is CCON=C(c1ccc2cc(OC)ccc2c1)C1CCCNC1. The van der Waals surface area contributed by atoms with Crippen LogP contribution in [-0.4, -0.2) is 32.5 Å². The van der Waals surface area contributed by atoms with Crippen LogP contribution in [0.3, 0.4) is 0 Å². The summed E-state index contributed by atoms with van der Waals surface area (Å²) in [6.45, 7) is 4.61. The molecule has 122 valence electrons. The molecule has 1 aliphatic rings. The summed E-state index contributed by atoms with van der Waals surface area (Å²) in [6.07, 6.45) is 2.33. The average molecular weight is 312 g/mol. The number of ether oxygens (including phenoxy) is 1. The van der Waals surface area contributed by atoms with Crippen LogP contribution in [0.5, 0.6) is 5.75 Å². The van der Waals surface area contributed by atoms with Gasteiger partial charge in [-0.15, -0.1) is 0 Å². The van der Waals surface area contributed by atoms with Gasteiger partial charge >= 0.3 is 0 Å². The van der Waals surface area contributed by atoms with Gasteiger partial charge in [0.25, 0.3) is 0 Å². The van der Waals surface area contributed by atoms with Crippen LogP contribution in [0.2, 0.25) is 0 Å². The Morgan fingerprint density at radius 2 is 2.04 bits per heavy atom. The molecule has 23 heavy (non-hydrogen) atoms. The third-order valence-corrected chi connectivity index (χ3v) is 4.32. The first kappa shape index (κ1) is 15.8. The Labute approximate surface area is 137 Å². The van der Waals surface area contributed by atoms with E-state index in [-0.39, 0.29) is 0 Å². The van der Waals surface area contributed by atoms with E-state index in [0.29, 0.717) is 12.5 Å². The molecule has 1 aliphatic heterocycles. The van der Waals surface area contributed by atoms with E-state index in [1.165, 1.54) is 17.2 Å². The fourth-order valence-electron chi connectivity index (χ4n) is 3.09. The Hall–Kier alpha value is -2.07. The molecule has 2 aromatic rings. The van der Waals surface area contributed by atoms with Crippen molar-refractivity contribution in [2.24, 2.45) is 11.1 Å². The molecule has 1 unspecified atom stereocenters. The Morgan fingerprint density at radius 1 is 1.22 bits per heavy atom. The zero-order valence-electron chi connectivity index (χ0n) is 13.8. The van der Waals surface area contributed by atoms with Crippen LogP contribution in [0.15, 0.2) is 41.6 Å². The highest BCUT2D eigenvalue weighted by molar-refractivity contribution is 6.04. The molecule has 0 radical (unpaired) electrons. The molecule has 0 bridgehead atoms. The lowest BCUT2D eigenvalue weighted by molar-refractivity contribution is 0.156. The highest BCUT2D eigenvalue weighted by atomic mass is 16.6. The van der Waals surface area contributed by atoms with Crippen LogP contribution in [0.25, 0.3) is 10.8 Å². The van der Waals surface area contributed by atoms with E-state index < -0.39 is 0 Å². The van der Waals surface area contributed by atoms with Crippen molar-refractivity contribution in [1.29, 1.82) is 0 Å². The first-order valence-corrected chi connectivity index (χ1v) is 8.30. The molecule has 0 amide bonds. The van der Waals surface area contributed by atoms with Gasteiger partial charge < -0.3 is 14.9 Å². The van der Waals surface area contributed by atoms with Crippen LogP contribution in [0.4, 0.5) is 0 Å². The van der Waals surface area contributed by atoms with E-state index >= 15 is 0 Å². The summed E-state index contributed by atoms with van der Waals surface area (Å²) >= 11 is 0. The zero-order chi connectivity index (χ0) is 16.1. The zero-order valence-corrected chi connectivity index (χ0v) is 13.8. The number of benzene rings is 2. The first-order valence-electron chi connectivity index (χ1n) is 8.30. The smallest absolute Gasteiger partial charge is 0.119 e. The van der Waals surface area contributed by atoms with Gasteiger partial charge in [0.1, 0.15) is 12.4 Å². The third kappa shape index (κ3) is 3.64. The van der Waals surface area contributed by atoms with E-state index in [2.05, 4.69) is 40.8 Å². The first-order chi connectivity index (χ1) is 11.3. The number of nitrogens with zero attached hydrogens (tertiary/aromatic N) is 1. The highest BCUT2D eigenvalue weighted by Crippen LogP contribution is 2.25. The van der Waals surface area contributed by atoms with E-state index in [9.17, 15) is 0 Å². The maximum absolute atomic E-state index is 5.39. The van der Waals surface area contributed by atoms with Crippen molar-refractivity contribution in [1.82, 2.24) is 5.32 Å². The monoisotopic (exact) mass is 312 g/mol.